The summed E-state index contributed by atoms with van der Waals surface area (Å²) in [5, 5.41) is 13.2. The van der Waals surface area contributed by atoms with E-state index in [2.05, 4.69) is 12.2 Å². The van der Waals surface area contributed by atoms with Crippen molar-refractivity contribution in [2.75, 3.05) is 0 Å². The summed E-state index contributed by atoms with van der Waals surface area (Å²) in [5.41, 5.74) is 2.28. The zero-order valence-corrected chi connectivity index (χ0v) is 8.80. The Labute approximate surface area is 85.0 Å². The third-order valence-electron chi connectivity index (χ3n) is 3.03. The average molecular weight is 191 g/mol. The molecule has 1 saturated carbocycles. The van der Waals surface area contributed by atoms with Crippen molar-refractivity contribution in [3.8, 4) is 5.75 Å². The summed E-state index contributed by atoms with van der Waals surface area (Å²) in [6.45, 7) is 4.92. The molecule has 14 heavy (non-hydrogen) atoms. The first-order valence-electron chi connectivity index (χ1n) is 5.13. The molecule has 0 bridgehead atoms. The molecule has 0 saturated heterocycles. The van der Waals surface area contributed by atoms with E-state index in [0.717, 1.165) is 17.7 Å². The first-order valence-corrected chi connectivity index (χ1v) is 5.13. The maximum Gasteiger partial charge on any atom is 0.122 e. The van der Waals surface area contributed by atoms with Crippen LogP contribution in [-0.4, -0.2) is 10.6 Å². The van der Waals surface area contributed by atoms with E-state index in [0.29, 0.717) is 11.3 Å². The van der Waals surface area contributed by atoms with E-state index >= 15 is 0 Å². The van der Waals surface area contributed by atoms with Crippen LogP contribution in [0.15, 0.2) is 18.2 Å². The quantitative estimate of drug-likeness (QED) is 0.768. The van der Waals surface area contributed by atoms with Crippen LogP contribution in [0.3, 0.4) is 0 Å². The largest absolute Gasteiger partial charge is 0.507 e. The van der Waals surface area contributed by atoms with Crippen molar-refractivity contribution in [1.82, 2.24) is 5.32 Å². The van der Waals surface area contributed by atoms with Gasteiger partial charge in [0.25, 0.3) is 0 Å². The van der Waals surface area contributed by atoms with E-state index in [1.165, 1.54) is 12.8 Å². The van der Waals surface area contributed by atoms with E-state index in [1.54, 1.807) is 0 Å². The van der Waals surface area contributed by atoms with Gasteiger partial charge in [-0.3, -0.25) is 0 Å². The fourth-order valence-corrected chi connectivity index (χ4v) is 1.54. The van der Waals surface area contributed by atoms with E-state index in [1.807, 2.05) is 25.1 Å². The van der Waals surface area contributed by atoms with Crippen molar-refractivity contribution in [2.24, 2.45) is 0 Å². The van der Waals surface area contributed by atoms with Crippen LogP contribution >= 0.6 is 0 Å². The van der Waals surface area contributed by atoms with Gasteiger partial charge in [0.15, 0.2) is 0 Å². The summed E-state index contributed by atoms with van der Waals surface area (Å²) in [4.78, 5) is 0. The highest BCUT2D eigenvalue weighted by molar-refractivity contribution is 5.39. The van der Waals surface area contributed by atoms with Crippen LogP contribution in [0.25, 0.3) is 0 Å². The second-order valence-electron chi connectivity index (χ2n) is 4.50. The van der Waals surface area contributed by atoms with E-state index in [4.69, 9.17) is 0 Å². The Balaban J connectivity index is 2.05. The van der Waals surface area contributed by atoms with Gasteiger partial charge in [-0.1, -0.05) is 18.2 Å². The smallest absolute Gasteiger partial charge is 0.122 e. The first-order chi connectivity index (χ1) is 6.61. The Morgan fingerprint density at radius 1 is 1.43 bits per heavy atom. The van der Waals surface area contributed by atoms with Gasteiger partial charge in [0.2, 0.25) is 0 Å². The summed E-state index contributed by atoms with van der Waals surface area (Å²) in [6, 6.07) is 5.89. The Hall–Kier alpha value is -1.02. The van der Waals surface area contributed by atoms with Crippen LogP contribution in [-0.2, 0) is 6.54 Å². The standard InChI is InChI=1S/C12H17NO/c1-9-4-3-5-10(11(9)14)8-13-12(2)6-7-12/h3-5,13-14H,6-8H2,1-2H3. The number of phenolic OH excluding ortho intramolecular Hbond substituents is 1. The molecule has 0 atom stereocenters. The normalized spacial score (nSPS) is 18.1. The van der Waals surface area contributed by atoms with Gasteiger partial charge in [-0.05, 0) is 32.3 Å². The number of rotatable bonds is 3. The summed E-state index contributed by atoms with van der Waals surface area (Å²) in [5.74, 6) is 0.434. The van der Waals surface area contributed by atoms with Crippen LogP contribution in [0, 0.1) is 6.92 Å². The number of hydrogen-bond donors (Lipinski definition) is 2. The molecule has 76 valence electrons. The molecule has 0 unspecified atom stereocenters. The van der Waals surface area contributed by atoms with E-state index < -0.39 is 0 Å². The number of nitrogens with one attached hydrogen (secondary N) is 1. The summed E-state index contributed by atoms with van der Waals surface area (Å²) >= 11 is 0. The fourth-order valence-electron chi connectivity index (χ4n) is 1.54. The molecule has 1 fully saturated rings. The van der Waals surface area contributed by atoms with Gasteiger partial charge in [0, 0.05) is 17.6 Å². The van der Waals surface area contributed by atoms with E-state index in [9.17, 15) is 5.11 Å². The minimum absolute atomic E-state index is 0.330. The molecule has 1 aromatic rings. The second-order valence-corrected chi connectivity index (χ2v) is 4.50. The SMILES string of the molecule is Cc1cccc(CNC2(C)CC2)c1O. The van der Waals surface area contributed by atoms with Crippen LogP contribution < -0.4 is 5.32 Å². The fraction of sp³-hybridized carbons (Fsp3) is 0.500. The molecule has 2 nitrogen and oxygen atoms in total. The van der Waals surface area contributed by atoms with Gasteiger partial charge >= 0.3 is 0 Å². The van der Waals surface area contributed by atoms with Crippen molar-refractivity contribution in [3.05, 3.63) is 29.3 Å². The molecular weight excluding hydrogens is 174 g/mol. The lowest BCUT2D eigenvalue weighted by Crippen LogP contribution is -2.26. The minimum atomic E-state index is 0.330. The number of aryl methyl sites for hydroxylation is 1. The first kappa shape index (κ1) is 9.53. The molecule has 0 aromatic heterocycles. The van der Waals surface area contributed by atoms with Gasteiger partial charge in [-0.2, -0.15) is 0 Å². The van der Waals surface area contributed by atoms with Crippen molar-refractivity contribution in [2.45, 2.75) is 38.8 Å². The van der Waals surface area contributed by atoms with Gasteiger partial charge in [-0.25, -0.2) is 0 Å². The number of aromatic hydroxyl groups is 1. The summed E-state index contributed by atoms with van der Waals surface area (Å²) in [7, 11) is 0. The molecule has 0 aliphatic heterocycles. The zero-order valence-electron chi connectivity index (χ0n) is 8.80. The molecule has 1 aromatic carbocycles. The molecule has 0 heterocycles. The second kappa shape index (κ2) is 3.28. The van der Waals surface area contributed by atoms with Crippen LogP contribution in [0.5, 0.6) is 5.75 Å². The monoisotopic (exact) mass is 191 g/mol. The molecule has 1 aliphatic carbocycles. The maximum absolute atomic E-state index is 9.77. The number of para-hydroxylation sites is 1. The number of hydrogen-bond acceptors (Lipinski definition) is 2. The van der Waals surface area contributed by atoms with E-state index in [-0.39, 0.29) is 0 Å². The predicted molar refractivity (Wildman–Crippen MR) is 57.3 cm³/mol. The van der Waals surface area contributed by atoms with Gasteiger partial charge in [-0.15, -0.1) is 0 Å². The molecule has 2 rings (SSSR count). The van der Waals surface area contributed by atoms with Crippen molar-refractivity contribution in [3.63, 3.8) is 0 Å². The molecular formula is C12H17NO. The van der Waals surface area contributed by atoms with Crippen molar-refractivity contribution < 1.29 is 5.11 Å². The van der Waals surface area contributed by atoms with Crippen molar-refractivity contribution in [1.29, 1.82) is 0 Å². The predicted octanol–water partition coefficient (Wildman–Crippen LogP) is 2.34. The average Bonchev–Trinajstić information content (AvgIpc) is 2.88. The lowest BCUT2D eigenvalue weighted by atomic mass is 10.1. The Kier molecular flexibility index (Phi) is 2.23. The Bertz CT molecular complexity index is 342. The highest BCUT2D eigenvalue weighted by Crippen LogP contribution is 2.35. The van der Waals surface area contributed by atoms with Crippen LogP contribution in [0.1, 0.15) is 30.9 Å². The molecule has 0 amide bonds. The molecule has 2 N–H and O–H groups in total. The number of phenols is 1. The summed E-state index contributed by atoms with van der Waals surface area (Å²) < 4.78 is 0. The highest BCUT2D eigenvalue weighted by Gasteiger charge is 2.36. The third kappa shape index (κ3) is 1.90. The molecule has 0 spiro atoms. The lowest BCUT2D eigenvalue weighted by molar-refractivity contribution is 0.453. The third-order valence-corrected chi connectivity index (χ3v) is 3.03. The summed E-state index contributed by atoms with van der Waals surface area (Å²) in [6.07, 6.45) is 2.50. The zero-order chi connectivity index (χ0) is 10.2. The van der Waals surface area contributed by atoms with Crippen LogP contribution in [0.2, 0.25) is 0 Å². The Morgan fingerprint density at radius 2 is 2.14 bits per heavy atom. The maximum atomic E-state index is 9.77. The lowest BCUT2D eigenvalue weighted by Gasteiger charge is -2.12. The Morgan fingerprint density at radius 3 is 2.79 bits per heavy atom. The minimum Gasteiger partial charge on any atom is -0.507 e. The molecule has 2 heteroatoms. The van der Waals surface area contributed by atoms with Crippen molar-refractivity contribution >= 4 is 0 Å². The highest BCUT2D eigenvalue weighted by atomic mass is 16.3. The molecule has 1 aliphatic rings. The molecule has 0 radical (unpaired) electrons. The van der Waals surface area contributed by atoms with Gasteiger partial charge in [0.1, 0.15) is 5.75 Å². The number of benzene rings is 1. The van der Waals surface area contributed by atoms with Gasteiger partial charge < -0.3 is 10.4 Å². The topological polar surface area (TPSA) is 32.3 Å². The van der Waals surface area contributed by atoms with Gasteiger partial charge in [0.05, 0.1) is 0 Å². The van der Waals surface area contributed by atoms with Crippen LogP contribution in [0.4, 0.5) is 0 Å².